The molecule has 1 fully saturated rings. The van der Waals surface area contributed by atoms with Crippen LogP contribution in [0.15, 0.2) is 36.5 Å². The van der Waals surface area contributed by atoms with Crippen LogP contribution in [0.4, 0.5) is 10.6 Å². The molecule has 1 aromatic carbocycles. The predicted molar refractivity (Wildman–Crippen MR) is 141 cm³/mol. The van der Waals surface area contributed by atoms with Crippen LogP contribution in [0.2, 0.25) is 0 Å². The molecule has 2 aromatic rings. The van der Waals surface area contributed by atoms with Gasteiger partial charge in [-0.1, -0.05) is 24.3 Å². The largest absolute Gasteiger partial charge is 0.444 e. The minimum atomic E-state index is -0.873. The number of nitrogens with zero attached hydrogens (tertiary/aromatic N) is 3. The molecular formula is C28H35N5O5. The third-order valence-electron chi connectivity index (χ3n) is 6.18. The van der Waals surface area contributed by atoms with Gasteiger partial charge in [-0.3, -0.25) is 4.79 Å². The van der Waals surface area contributed by atoms with Crippen LogP contribution in [0.5, 0.6) is 0 Å². The molecule has 0 aliphatic carbocycles. The number of fused-ring (bicyclic) bond motifs is 1. The van der Waals surface area contributed by atoms with Crippen LogP contribution < -0.4 is 10.6 Å². The SMILES string of the molecule is CC(C)(C)OC(=O)N1CCCO[C@H](C(=O)N[C@H](C#N)Cc2ccc(-c3cnc4c(c3)COCCN4)cc2)C1. The minimum Gasteiger partial charge on any atom is -0.444 e. The molecule has 0 spiro atoms. The summed E-state index contributed by atoms with van der Waals surface area (Å²) in [5.41, 5.74) is 3.27. The van der Waals surface area contributed by atoms with E-state index in [4.69, 9.17) is 14.2 Å². The lowest BCUT2D eigenvalue weighted by Gasteiger charge is -2.27. The van der Waals surface area contributed by atoms with Crippen LogP contribution in [-0.2, 0) is 32.0 Å². The van der Waals surface area contributed by atoms with E-state index in [9.17, 15) is 14.9 Å². The Bertz CT molecular complexity index is 1170. The maximum absolute atomic E-state index is 13.0. The number of anilines is 1. The fraction of sp³-hybridized carbons (Fsp3) is 0.500. The van der Waals surface area contributed by atoms with Crippen LogP contribution >= 0.6 is 0 Å². The molecule has 202 valence electrons. The van der Waals surface area contributed by atoms with Crippen LogP contribution in [0.3, 0.4) is 0 Å². The third-order valence-corrected chi connectivity index (χ3v) is 6.18. The molecule has 4 rings (SSSR count). The van der Waals surface area contributed by atoms with Gasteiger partial charge in [-0.2, -0.15) is 5.26 Å². The number of rotatable bonds is 5. The molecule has 1 aromatic heterocycles. The van der Waals surface area contributed by atoms with Gasteiger partial charge in [0.1, 0.15) is 17.5 Å². The first kappa shape index (κ1) is 27.4. The Hall–Kier alpha value is -3.68. The Morgan fingerprint density at radius 3 is 2.79 bits per heavy atom. The Morgan fingerprint density at radius 2 is 2.05 bits per heavy atom. The summed E-state index contributed by atoms with van der Waals surface area (Å²) in [5.74, 6) is 0.429. The molecule has 2 amide bonds. The molecule has 2 aliphatic rings. The third kappa shape index (κ3) is 7.43. The maximum atomic E-state index is 13.0. The van der Waals surface area contributed by atoms with Crippen molar-refractivity contribution in [2.24, 2.45) is 0 Å². The zero-order valence-corrected chi connectivity index (χ0v) is 22.2. The molecule has 2 atom stereocenters. The monoisotopic (exact) mass is 521 g/mol. The van der Waals surface area contributed by atoms with E-state index in [2.05, 4.69) is 27.8 Å². The summed E-state index contributed by atoms with van der Waals surface area (Å²) in [5, 5.41) is 15.7. The minimum absolute atomic E-state index is 0.0724. The predicted octanol–water partition coefficient (Wildman–Crippen LogP) is 3.27. The summed E-state index contributed by atoms with van der Waals surface area (Å²) in [6, 6.07) is 11.3. The molecule has 10 heteroatoms. The second kappa shape index (κ2) is 12.2. The Balaban J connectivity index is 1.36. The van der Waals surface area contributed by atoms with Gasteiger partial charge in [0.05, 0.1) is 25.8 Å². The number of hydrogen-bond acceptors (Lipinski definition) is 8. The lowest BCUT2D eigenvalue weighted by molar-refractivity contribution is -0.133. The molecule has 38 heavy (non-hydrogen) atoms. The molecular weight excluding hydrogens is 486 g/mol. The summed E-state index contributed by atoms with van der Waals surface area (Å²) in [7, 11) is 0. The number of nitrogens with one attached hydrogen (secondary N) is 2. The maximum Gasteiger partial charge on any atom is 0.410 e. The molecule has 0 radical (unpaired) electrons. The standard InChI is InChI=1S/C28H35N5O5/c1-28(2,3)38-27(35)33-10-4-11-37-24(17-33)26(34)32-23(15-29)13-19-5-7-20(8-6-19)21-14-22-18-36-12-9-30-25(22)31-16-21/h5-8,14,16,23-24H,4,9-13,17-18H2,1-3H3,(H,30,31)(H,32,34)/t23-,24-/m0/s1. The molecule has 2 aliphatic heterocycles. The van der Waals surface area contributed by atoms with E-state index in [1.165, 1.54) is 4.90 Å². The lowest BCUT2D eigenvalue weighted by atomic mass is 10.0. The highest BCUT2D eigenvalue weighted by atomic mass is 16.6. The van der Waals surface area contributed by atoms with Crippen molar-refractivity contribution in [3.05, 3.63) is 47.7 Å². The highest BCUT2D eigenvalue weighted by Gasteiger charge is 2.31. The van der Waals surface area contributed by atoms with E-state index >= 15 is 0 Å². The zero-order chi connectivity index (χ0) is 27.1. The van der Waals surface area contributed by atoms with Gasteiger partial charge >= 0.3 is 6.09 Å². The molecule has 0 bridgehead atoms. The van der Waals surface area contributed by atoms with Crippen molar-refractivity contribution in [3.63, 3.8) is 0 Å². The number of carbonyl (C=O) groups is 2. The molecule has 10 nitrogen and oxygen atoms in total. The summed E-state index contributed by atoms with van der Waals surface area (Å²) in [6.07, 6.45) is 1.41. The molecule has 1 saturated heterocycles. The van der Waals surface area contributed by atoms with Crippen molar-refractivity contribution in [1.82, 2.24) is 15.2 Å². The van der Waals surface area contributed by atoms with Gasteiger partial charge in [-0.25, -0.2) is 9.78 Å². The van der Waals surface area contributed by atoms with Gasteiger partial charge in [-0.15, -0.1) is 0 Å². The first-order valence-electron chi connectivity index (χ1n) is 12.9. The summed E-state index contributed by atoms with van der Waals surface area (Å²) in [6.45, 7) is 8.14. The second-order valence-corrected chi connectivity index (χ2v) is 10.4. The number of nitriles is 1. The van der Waals surface area contributed by atoms with Gasteiger partial charge in [0.2, 0.25) is 0 Å². The average molecular weight is 522 g/mol. The number of amides is 2. The van der Waals surface area contributed by atoms with Crippen LogP contribution in [-0.4, -0.2) is 72.5 Å². The van der Waals surface area contributed by atoms with Gasteiger partial charge < -0.3 is 29.7 Å². The van der Waals surface area contributed by atoms with Crippen molar-refractivity contribution in [2.75, 3.05) is 38.2 Å². The van der Waals surface area contributed by atoms with Crippen LogP contribution in [0, 0.1) is 11.3 Å². The molecule has 2 N–H and O–H groups in total. The van der Waals surface area contributed by atoms with Crippen molar-refractivity contribution < 1.29 is 23.8 Å². The van der Waals surface area contributed by atoms with Gasteiger partial charge in [0.25, 0.3) is 5.91 Å². The number of pyridine rings is 1. The number of carbonyl (C=O) groups excluding carboxylic acids is 2. The fourth-order valence-electron chi connectivity index (χ4n) is 4.30. The van der Waals surface area contributed by atoms with Gasteiger partial charge in [0, 0.05) is 43.4 Å². The number of ether oxygens (including phenoxy) is 3. The highest BCUT2D eigenvalue weighted by molar-refractivity contribution is 5.82. The van der Waals surface area contributed by atoms with Gasteiger partial charge in [-0.05, 0) is 44.4 Å². The van der Waals surface area contributed by atoms with Crippen molar-refractivity contribution in [3.8, 4) is 17.2 Å². The van der Waals surface area contributed by atoms with E-state index in [1.807, 2.05) is 30.5 Å². The highest BCUT2D eigenvalue weighted by Crippen LogP contribution is 2.25. The van der Waals surface area contributed by atoms with Gasteiger partial charge in [0.15, 0.2) is 6.10 Å². The molecule has 3 heterocycles. The Labute approximate surface area is 223 Å². The lowest BCUT2D eigenvalue weighted by Crippen LogP contribution is -2.48. The van der Waals surface area contributed by atoms with Crippen molar-refractivity contribution in [2.45, 2.75) is 58.0 Å². The van der Waals surface area contributed by atoms with Crippen molar-refractivity contribution in [1.29, 1.82) is 5.26 Å². The summed E-state index contributed by atoms with van der Waals surface area (Å²) in [4.78, 5) is 31.5. The van der Waals surface area contributed by atoms with Crippen molar-refractivity contribution >= 4 is 17.8 Å². The zero-order valence-electron chi connectivity index (χ0n) is 22.2. The second-order valence-electron chi connectivity index (χ2n) is 10.4. The number of aromatic nitrogens is 1. The summed E-state index contributed by atoms with van der Waals surface area (Å²) >= 11 is 0. The normalized spacial score (nSPS) is 18.6. The number of hydrogen-bond donors (Lipinski definition) is 2. The van der Waals surface area contributed by atoms with E-state index in [0.29, 0.717) is 39.2 Å². The molecule has 0 unspecified atom stereocenters. The van der Waals surface area contributed by atoms with E-state index < -0.39 is 29.7 Å². The fourth-order valence-corrected chi connectivity index (χ4v) is 4.30. The quantitative estimate of drug-likeness (QED) is 0.614. The number of benzene rings is 1. The Kier molecular flexibility index (Phi) is 8.81. The van der Waals surface area contributed by atoms with E-state index in [-0.39, 0.29) is 6.54 Å². The van der Waals surface area contributed by atoms with Crippen LogP contribution in [0.25, 0.3) is 11.1 Å². The topological polar surface area (TPSA) is 126 Å². The first-order chi connectivity index (χ1) is 18.2. The van der Waals surface area contributed by atoms with E-state index in [1.54, 1.807) is 20.8 Å². The first-order valence-corrected chi connectivity index (χ1v) is 12.9. The van der Waals surface area contributed by atoms with Crippen LogP contribution in [0.1, 0.15) is 38.3 Å². The molecule has 0 saturated carbocycles. The average Bonchev–Trinajstić information content (AvgIpc) is 3.28. The summed E-state index contributed by atoms with van der Waals surface area (Å²) < 4.78 is 16.7. The Morgan fingerprint density at radius 1 is 1.26 bits per heavy atom. The van der Waals surface area contributed by atoms with E-state index in [0.717, 1.165) is 34.6 Å². The smallest absolute Gasteiger partial charge is 0.410 e.